The van der Waals surface area contributed by atoms with E-state index >= 15 is 0 Å². The fourth-order valence-corrected chi connectivity index (χ4v) is 1.70. The number of methoxy groups -OCH3 is 3. The second-order valence-electron chi connectivity index (χ2n) is 3.45. The third kappa shape index (κ3) is 3.39. The highest BCUT2D eigenvalue weighted by Crippen LogP contribution is 2.35. The van der Waals surface area contributed by atoms with Crippen molar-refractivity contribution >= 4 is 17.7 Å². The summed E-state index contributed by atoms with van der Waals surface area (Å²) in [5, 5.41) is 9.34. The molecule has 96 valence electrons. The van der Waals surface area contributed by atoms with E-state index in [0.717, 1.165) is 5.56 Å². The molecule has 5 heteroatoms. The molecule has 0 saturated heterocycles. The second kappa shape index (κ2) is 6.90. The lowest BCUT2D eigenvalue weighted by atomic mass is 10.1. The highest BCUT2D eigenvalue weighted by atomic mass is 35.5. The smallest absolute Gasteiger partial charge is 0.141 e. The van der Waals surface area contributed by atoms with Crippen LogP contribution in [0.2, 0.25) is 5.02 Å². The van der Waals surface area contributed by atoms with Crippen LogP contribution >= 0.6 is 11.6 Å². The summed E-state index contributed by atoms with van der Waals surface area (Å²) in [6, 6.07) is 5.53. The van der Waals surface area contributed by atoms with Crippen molar-refractivity contribution in [1.29, 1.82) is 5.26 Å². The van der Waals surface area contributed by atoms with Crippen LogP contribution < -0.4 is 9.47 Å². The Balaban J connectivity index is 3.22. The van der Waals surface area contributed by atoms with Crippen molar-refractivity contribution in [2.75, 3.05) is 27.9 Å². The Morgan fingerprint density at radius 2 is 1.83 bits per heavy atom. The van der Waals surface area contributed by atoms with Crippen molar-refractivity contribution in [1.82, 2.24) is 0 Å². The molecular weight excluding hydrogens is 254 g/mol. The molecule has 1 aromatic rings. The molecule has 0 atom stereocenters. The lowest BCUT2D eigenvalue weighted by molar-refractivity contribution is 0.229. The lowest BCUT2D eigenvalue weighted by Crippen LogP contribution is -1.93. The van der Waals surface area contributed by atoms with Crippen molar-refractivity contribution in [3.63, 3.8) is 0 Å². The van der Waals surface area contributed by atoms with E-state index in [1.54, 1.807) is 18.2 Å². The molecule has 0 aliphatic rings. The number of nitriles is 1. The third-order valence-corrected chi connectivity index (χ3v) is 2.62. The average molecular weight is 268 g/mol. The maximum Gasteiger partial charge on any atom is 0.141 e. The van der Waals surface area contributed by atoms with Crippen molar-refractivity contribution in [3.05, 3.63) is 28.3 Å². The molecule has 0 amide bonds. The zero-order chi connectivity index (χ0) is 13.5. The van der Waals surface area contributed by atoms with Gasteiger partial charge in [0.05, 0.1) is 32.5 Å². The predicted molar refractivity (Wildman–Crippen MR) is 70.0 cm³/mol. The van der Waals surface area contributed by atoms with Crippen LogP contribution in [0.15, 0.2) is 17.7 Å². The highest BCUT2D eigenvalue weighted by molar-refractivity contribution is 6.33. The van der Waals surface area contributed by atoms with Crippen LogP contribution in [-0.2, 0) is 4.74 Å². The standard InChI is InChI=1S/C13H14ClNO3/c1-16-8-10(7-15)4-9-5-11(17-2)13(14)12(6-9)18-3/h4-6H,8H2,1-3H3. The van der Waals surface area contributed by atoms with Crippen molar-refractivity contribution in [3.8, 4) is 17.6 Å². The van der Waals surface area contributed by atoms with Gasteiger partial charge in [-0.1, -0.05) is 11.6 Å². The first kappa shape index (κ1) is 14.4. The molecule has 0 bridgehead atoms. The van der Waals surface area contributed by atoms with Crippen LogP contribution in [0.4, 0.5) is 0 Å². The Kier molecular flexibility index (Phi) is 5.50. The van der Waals surface area contributed by atoms with Crippen molar-refractivity contribution < 1.29 is 14.2 Å². The summed E-state index contributed by atoms with van der Waals surface area (Å²) < 4.78 is 15.2. The molecule has 0 unspecified atom stereocenters. The first-order chi connectivity index (χ1) is 8.65. The van der Waals surface area contributed by atoms with Gasteiger partial charge in [-0.3, -0.25) is 0 Å². The number of rotatable bonds is 5. The number of hydrogen-bond acceptors (Lipinski definition) is 4. The third-order valence-electron chi connectivity index (χ3n) is 2.25. The van der Waals surface area contributed by atoms with Crippen LogP contribution in [0.3, 0.4) is 0 Å². The summed E-state index contributed by atoms with van der Waals surface area (Å²) in [7, 11) is 4.58. The topological polar surface area (TPSA) is 51.5 Å². The van der Waals surface area contributed by atoms with Crippen LogP contribution in [0.25, 0.3) is 6.08 Å². The van der Waals surface area contributed by atoms with Gasteiger partial charge < -0.3 is 14.2 Å². The molecular formula is C13H14ClNO3. The summed E-state index contributed by atoms with van der Waals surface area (Å²) in [6.07, 6.45) is 1.70. The molecule has 0 saturated carbocycles. The van der Waals surface area contributed by atoms with Gasteiger partial charge in [0.25, 0.3) is 0 Å². The zero-order valence-corrected chi connectivity index (χ0v) is 11.2. The number of nitrogens with zero attached hydrogens (tertiary/aromatic N) is 1. The fraction of sp³-hybridized carbons (Fsp3) is 0.308. The zero-order valence-electron chi connectivity index (χ0n) is 10.5. The first-order valence-corrected chi connectivity index (χ1v) is 5.55. The summed E-state index contributed by atoms with van der Waals surface area (Å²) in [4.78, 5) is 0. The fourth-order valence-electron chi connectivity index (χ4n) is 1.44. The Morgan fingerprint density at radius 3 is 2.22 bits per heavy atom. The number of halogens is 1. The average Bonchev–Trinajstić information content (AvgIpc) is 2.39. The van der Waals surface area contributed by atoms with E-state index < -0.39 is 0 Å². The molecule has 4 nitrogen and oxygen atoms in total. The van der Waals surface area contributed by atoms with Gasteiger partial charge in [-0.2, -0.15) is 5.26 Å². The molecule has 0 spiro atoms. The summed E-state index contributed by atoms with van der Waals surface area (Å²) in [6.45, 7) is 0.254. The molecule has 0 heterocycles. The van der Waals surface area contributed by atoms with E-state index in [2.05, 4.69) is 6.07 Å². The van der Waals surface area contributed by atoms with E-state index in [4.69, 9.17) is 31.1 Å². The molecule has 0 fully saturated rings. The molecule has 0 aliphatic heterocycles. The maximum atomic E-state index is 8.94. The SMILES string of the molecule is COCC(C#N)=Cc1cc(OC)c(Cl)c(OC)c1. The van der Waals surface area contributed by atoms with Gasteiger partial charge in [-0.05, 0) is 23.8 Å². The van der Waals surface area contributed by atoms with Gasteiger partial charge in [0.1, 0.15) is 16.5 Å². The minimum atomic E-state index is 0.254. The predicted octanol–water partition coefficient (Wildman–Crippen LogP) is 2.91. The van der Waals surface area contributed by atoms with E-state index in [0.29, 0.717) is 22.1 Å². The van der Waals surface area contributed by atoms with Crippen molar-refractivity contribution in [2.45, 2.75) is 0 Å². The number of hydrogen-bond donors (Lipinski definition) is 0. The maximum absolute atomic E-state index is 8.94. The Labute approximate surface area is 111 Å². The highest BCUT2D eigenvalue weighted by Gasteiger charge is 2.09. The normalized spacial score (nSPS) is 10.9. The molecule has 0 N–H and O–H groups in total. The van der Waals surface area contributed by atoms with Gasteiger partial charge in [-0.15, -0.1) is 0 Å². The quantitative estimate of drug-likeness (QED) is 0.770. The Bertz CT molecular complexity index is 466. The minimum Gasteiger partial charge on any atom is -0.495 e. The van der Waals surface area contributed by atoms with E-state index in [1.165, 1.54) is 21.3 Å². The Hall–Kier alpha value is -1.70. The van der Waals surface area contributed by atoms with Gasteiger partial charge in [0.15, 0.2) is 0 Å². The lowest BCUT2D eigenvalue weighted by Gasteiger charge is -2.09. The van der Waals surface area contributed by atoms with Gasteiger partial charge in [-0.25, -0.2) is 0 Å². The first-order valence-electron chi connectivity index (χ1n) is 5.17. The van der Waals surface area contributed by atoms with E-state index in [9.17, 15) is 0 Å². The van der Waals surface area contributed by atoms with Crippen LogP contribution in [0.1, 0.15) is 5.56 Å². The molecule has 1 aromatic carbocycles. The van der Waals surface area contributed by atoms with Crippen LogP contribution in [0.5, 0.6) is 11.5 Å². The van der Waals surface area contributed by atoms with E-state index in [1.807, 2.05) is 0 Å². The number of ether oxygens (including phenoxy) is 3. The van der Waals surface area contributed by atoms with Crippen molar-refractivity contribution in [2.24, 2.45) is 0 Å². The van der Waals surface area contributed by atoms with Crippen LogP contribution in [0, 0.1) is 11.3 Å². The largest absolute Gasteiger partial charge is 0.495 e. The second-order valence-corrected chi connectivity index (χ2v) is 3.83. The Morgan fingerprint density at radius 1 is 1.28 bits per heavy atom. The monoisotopic (exact) mass is 267 g/mol. The molecule has 1 rings (SSSR count). The summed E-state index contributed by atoms with van der Waals surface area (Å²) in [5.74, 6) is 0.994. The van der Waals surface area contributed by atoms with E-state index in [-0.39, 0.29) is 6.61 Å². The minimum absolute atomic E-state index is 0.254. The summed E-state index contributed by atoms with van der Waals surface area (Å²) >= 11 is 6.05. The number of benzene rings is 1. The molecule has 18 heavy (non-hydrogen) atoms. The summed E-state index contributed by atoms with van der Waals surface area (Å²) in [5.41, 5.74) is 1.27. The van der Waals surface area contributed by atoms with Crippen LogP contribution in [-0.4, -0.2) is 27.9 Å². The van der Waals surface area contributed by atoms with Gasteiger partial charge >= 0.3 is 0 Å². The van der Waals surface area contributed by atoms with Gasteiger partial charge in [0, 0.05) is 7.11 Å². The molecule has 0 aliphatic carbocycles. The van der Waals surface area contributed by atoms with Gasteiger partial charge in [0.2, 0.25) is 0 Å². The molecule has 0 radical (unpaired) electrons. The molecule has 0 aromatic heterocycles.